The zero-order chi connectivity index (χ0) is 25.3. The number of anilines is 1. The van der Waals surface area contributed by atoms with Gasteiger partial charge in [0.2, 0.25) is 5.91 Å². The molecule has 2 fully saturated rings. The van der Waals surface area contributed by atoms with E-state index in [9.17, 15) is 9.59 Å². The van der Waals surface area contributed by atoms with Crippen molar-refractivity contribution in [3.05, 3.63) is 46.7 Å². The fourth-order valence-electron chi connectivity index (χ4n) is 4.84. The highest BCUT2D eigenvalue weighted by Gasteiger charge is 2.48. The van der Waals surface area contributed by atoms with E-state index in [0.717, 1.165) is 12.1 Å². The molecule has 5 rings (SSSR count). The Labute approximate surface area is 213 Å². The minimum absolute atomic E-state index is 0.0350. The van der Waals surface area contributed by atoms with Crippen LogP contribution in [0.3, 0.4) is 0 Å². The molecule has 0 radical (unpaired) electrons. The normalized spacial score (nSPS) is 20.1. The number of rotatable bonds is 6. The molecule has 190 valence electrons. The summed E-state index contributed by atoms with van der Waals surface area (Å²) in [6.07, 6.45) is 3.00. The van der Waals surface area contributed by atoms with Crippen LogP contribution in [0, 0.1) is 0 Å². The van der Waals surface area contributed by atoms with Crippen molar-refractivity contribution in [3.63, 3.8) is 0 Å². The predicted molar refractivity (Wildman–Crippen MR) is 133 cm³/mol. The number of methoxy groups -OCH3 is 1. The molecule has 2 amide bonds. The highest BCUT2D eigenvalue weighted by molar-refractivity contribution is 6.30. The van der Waals surface area contributed by atoms with Crippen molar-refractivity contribution >= 4 is 40.5 Å². The Morgan fingerprint density at radius 2 is 2.03 bits per heavy atom. The molecule has 0 aliphatic carbocycles. The van der Waals surface area contributed by atoms with Gasteiger partial charge in [0.1, 0.15) is 11.1 Å². The maximum absolute atomic E-state index is 13.7. The molecular formula is C25H28ClN5O5. The zero-order valence-corrected chi connectivity index (χ0v) is 21.0. The number of amides is 2. The van der Waals surface area contributed by atoms with Crippen LogP contribution in [0.1, 0.15) is 35.8 Å². The summed E-state index contributed by atoms with van der Waals surface area (Å²) in [5, 5.41) is 3.68. The minimum Gasteiger partial charge on any atom is -0.493 e. The Bertz CT molecular complexity index is 1290. The van der Waals surface area contributed by atoms with E-state index in [2.05, 4.69) is 15.3 Å². The van der Waals surface area contributed by atoms with Gasteiger partial charge in [-0.1, -0.05) is 11.6 Å². The molecule has 1 unspecified atom stereocenters. The predicted octanol–water partition coefficient (Wildman–Crippen LogP) is 3.35. The molecule has 0 spiro atoms. The van der Waals surface area contributed by atoms with Crippen molar-refractivity contribution in [2.75, 3.05) is 45.3 Å². The summed E-state index contributed by atoms with van der Waals surface area (Å²) in [5.41, 5.74) is 1.10. The Kier molecular flexibility index (Phi) is 6.72. The van der Waals surface area contributed by atoms with Gasteiger partial charge in [-0.3, -0.25) is 14.6 Å². The zero-order valence-electron chi connectivity index (χ0n) is 20.3. The first-order valence-electron chi connectivity index (χ1n) is 11.9. The number of benzene rings is 1. The molecule has 1 aromatic carbocycles. The molecule has 3 aromatic rings. The summed E-state index contributed by atoms with van der Waals surface area (Å²) < 4.78 is 16.8. The van der Waals surface area contributed by atoms with E-state index in [0.29, 0.717) is 73.2 Å². The minimum atomic E-state index is -0.906. The summed E-state index contributed by atoms with van der Waals surface area (Å²) in [6.45, 7) is 4.82. The van der Waals surface area contributed by atoms with Crippen LogP contribution in [0.25, 0.3) is 11.1 Å². The smallest absolute Gasteiger partial charge is 0.296 e. The highest BCUT2D eigenvalue weighted by Crippen LogP contribution is 2.35. The SMILES string of the molecule is COc1cc(C(=O)N2CCCC2(C)C(=O)N2CCOCC2)cc2nc(NCc3cc(Cl)ccn3)oc12. The van der Waals surface area contributed by atoms with Crippen LogP contribution in [0.4, 0.5) is 6.01 Å². The summed E-state index contributed by atoms with van der Waals surface area (Å²) in [4.78, 5) is 39.3. The lowest BCUT2D eigenvalue weighted by atomic mass is 9.95. The number of aromatic nitrogens is 2. The van der Waals surface area contributed by atoms with Crippen LogP contribution in [0.5, 0.6) is 5.75 Å². The van der Waals surface area contributed by atoms with E-state index in [1.807, 2.05) is 6.92 Å². The second kappa shape index (κ2) is 9.94. The molecule has 1 N–H and O–H groups in total. The number of carbonyl (C=O) groups excluding carboxylic acids is 2. The van der Waals surface area contributed by atoms with Crippen LogP contribution >= 0.6 is 11.6 Å². The van der Waals surface area contributed by atoms with Crippen LogP contribution in [-0.2, 0) is 16.1 Å². The average molecular weight is 514 g/mol. The van der Waals surface area contributed by atoms with Crippen molar-refractivity contribution < 1.29 is 23.5 Å². The number of likely N-dealkylation sites (tertiary alicyclic amines) is 1. The Balaban J connectivity index is 1.39. The van der Waals surface area contributed by atoms with Gasteiger partial charge in [0.05, 0.1) is 32.6 Å². The molecule has 1 atom stereocenters. The number of nitrogens with one attached hydrogen (secondary N) is 1. The standard InChI is InChI=1S/C25H28ClN5O5/c1-25(23(33)30-8-10-35-11-9-30)5-3-7-31(25)22(32)16-12-19-21(20(13-16)34-2)36-24(29-19)28-15-18-14-17(26)4-6-27-18/h4,6,12-14H,3,5,7-11,15H2,1-2H3,(H,28,29). The number of morpholine rings is 1. The third-order valence-corrected chi connectivity index (χ3v) is 7.00. The van der Waals surface area contributed by atoms with Gasteiger partial charge < -0.3 is 29.0 Å². The summed E-state index contributed by atoms with van der Waals surface area (Å²) >= 11 is 6.03. The molecule has 36 heavy (non-hydrogen) atoms. The number of oxazole rings is 1. The number of carbonyl (C=O) groups is 2. The molecule has 2 aliphatic rings. The lowest BCUT2D eigenvalue weighted by Gasteiger charge is -2.39. The second-order valence-electron chi connectivity index (χ2n) is 9.10. The molecular weight excluding hydrogens is 486 g/mol. The first-order chi connectivity index (χ1) is 17.4. The first kappa shape index (κ1) is 24.3. The molecule has 2 saturated heterocycles. The largest absolute Gasteiger partial charge is 0.493 e. The van der Waals surface area contributed by atoms with Crippen LogP contribution < -0.4 is 10.1 Å². The second-order valence-corrected chi connectivity index (χ2v) is 9.54. The molecule has 0 saturated carbocycles. The Morgan fingerprint density at radius 3 is 2.78 bits per heavy atom. The van der Waals surface area contributed by atoms with E-state index in [-0.39, 0.29) is 17.8 Å². The number of fused-ring (bicyclic) bond motifs is 1. The van der Waals surface area contributed by atoms with Crippen molar-refractivity contribution in [1.29, 1.82) is 0 Å². The molecule has 2 aliphatic heterocycles. The molecule has 2 aromatic heterocycles. The molecule has 0 bridgehead atoms. The van der Waals surface area contributed by atoms with Gasteiger partial charge in [-0.15, -0.1) is 0 Å². The van der Waals surface area contributed by atoms with Crippen LogP contribution in [0.15, 0.2) is 34.9 Å². The van der Waals surface area contributed by atoms with Crippen molar-refractivity contribution in [1.82, 2.24) is 19.8 Å². The Morgan fingerprint density at radius 1 is 1.22 bits per heavy atom. The van der Waals surface area contributed by atoms with E-state index in [1.54, 1.807) is 40.3 Å². The summed E-state index contributed by atoms with van der Waals surface area (Å²) in [7, 11) is 1.51. The van der Waals surface area contributed by atoms with E-state index >= 15 is 0 Å². The third kappa shape index (κ3) is 4.58. The van der Waals surface area contributed by atoms with Gasteiger partial charge in [0.25, 0.3) is 11.9 Å². The van der Waals surface area contributed by atoms with Gasteiger partial charge in [0, 0.05) is 36.4 Å². The number of hydrogen-bond donors (Lipinski definition) is 1. The van der Waals surface area contributed by atoms with Gasteiger partial charge in [-0.25, -0.2) is 0 Å². The number of hydrogen-bond acceptors (Lipinski definition) is 8. The van der Waals surface area contributed by atoms with Gasteiger partial charge in [0.15, 0.2) is 11.3 Å². The lowest BCUT2D eigenvalue weighted by Crippen LogP contribution is -2.58. The number of nitrogens with zero attached hydrogens (tertiary/aromatic N) is 4. The summed E-state index contributed by atoms with van der Waals surface area (Å²) in [5.74, 6) is 0.113. The van der Waals surface area contributed by atoms with Gasteiger partial charge in [-0.05, 0) is 44.0 Å². The number of ether oxygens (including phenoxy) is 2. The number of halogens is 1. The van der Waals surface area contributed by atoms with Crippen molar-refractivity contribution in [2.45, 2.75) is 31.8 Å². The van der Waals surface area contributed by atoms with Crippen molar-refractivity contribution in [2.24, 2.45) is 0 Å². The Hall–Kier alpha value is -3.37. The summed E-state index contributed by atoms with van der Waals surface area (Å²) in [6, 6.07) is 7.02. The maximum Gasteiger partial charge on any atom is 0.296 e. The van der Waals surface area contributed by atoms with E-state index < -0.39 is 5.54 Å². The monoisotopic (exact) mass is 513 g/mol. The topological polar surface area (TPSA) is 110 Å². The maximum atomic E-state index is 13.7. The van der Waals surface area contributed by atoms with Crippen molar-refractivity contribution in [3.8, 4) is 5.75 Å². The van der Waals surface area contributed by atoms with E-state index in [4.69, 9.17) is 25.5 Å². The fraction of sp³-hybridized carbons (Fsp3) is 0.440. The molecule has 10 nitrogen and oxygen atoms in total. The molecule has 11 heteroatoms. The van der Waals surface area contributed by atoms with Gasteiger partial charge in [-0.2, -0.15) is 4.98 Å². The van der Waals surface area contributed by atoms with Crippen LogP contribution in [-0.4, -0.2) is 77.1 Å². The lowest BCUT2D eigenvalue weighted by molar-refractivity contribution is -0.144. The van der Waals surface area contributed by atoms with Gasteiger partial charge >= 0.3 is 0 Å². The van der Waals surface area contributed by atoms with Crippen LogP contribution in [0.2, 0.25) is 5.02 Å². The number of pyridine rings is 1. The molecule has 4 heterocycles. The highest BCUT2D eigenvalue weighted by atomic mass is 35.5. The average Bonchev–Trinajstić information content (AvgIpc) is 3.50. The first-order valence-corrected chi connectivity index (χ1v) is 12.3. The quantitative estimate of drug-likeness (QED) is 0.534. The third-order valence-electron chi connectivity index (χ3n) is 6.77. The van der Waals surface area contributed by atoms with E-state index in [1.165, 1.54) is 7.11 Å². The fourth-order valence-corrected chi connectivity index (χ4v) is 5.02.